The number of anilines is 2. The SMILES string of the molecule is CC(=N)N1CCC(c2cc(Cl)nc(Nc3cc(C(C)C)ccn3)c2)CC1. The molecule has 0 aliphatic carbocycles. The summed E-state index contributed by atoms with van der Waals surface area (Å²) in [4.78, 5) is 10.9. The third-order valence-electron chi connectivity index (χ3n) is 4.96. The number of amidine groups is 1. The Hall–Kier alpha value is -2.14. The lowest BCUT2D eigenvalue weighted by atomic mass is 9.90. The van der Waals surface area contributed by atoms with E-state index >= 15 is 0 Å². The fourth-order valence-electron chi connectivity index (χ4n) is 3.37. The van der Waals surface area contributed by atoms with Crippen molar-refractivity contribution >= 4 is 29.1 Å². The second kappa shape index (κ2) is 8.04. The summed E-state index contributed by atoms with van der Waals surface area (Å²) in [5, 5.41) is 11.6. The first-order valence-electron chi connectivity index (χ1n) is 9.13. The van der Waals surface area contributed by atoms with Crippen molar-refractivity contribution in [2.45, 2.75) is 45.4 Å². The number of likely N-dealkylation sites (tertiary alicyclic amines) is 1. The van der Waals surface area contributed by atoms with E-state index in [1.54, 1.807) is 0 Å². The van der Waals surface area contributed by atoms with E-state index < -0.39 is 0 Å². The summed E-state index contributed by atoms with van der Waals surface area (Å²) >= 11 is 6.28. The highest BCUT2D eigenvalue weighted by Gasteiger charge is 2.21. The molecule has 26 heavy (non-hydrogen) atoms. The van der Waals surface area contributed by atoms with Crippen LogP contribution < -0.4 is 5.32 Å². The van der Waals surface area contributed by atoms with Crippen molar-refractivity contribution in [3.63, 3.8) is 0 Å². The Morgan fingerprint density at radius 1 is 1.23 bits per heavy atom. The number of nitrogens with zero attached hydrogens (tertiary/aromatic N) is 3. The van der Waals surface area contributed by atoms with Crippen molar-refractivity contribution in [2.75, 3.05) is 18.4 Å². The molecule has 1 aliphatic rings. The minimum Gasteiger partial charge on any atom is -0.361 e. The highest BCUT2D eigenvalue weighted by atomic mass is 35.5. The second-order valence-electron chi connectivity index (χ2n) is 7.21. The maximum Gasteiger partial charge on any atom is 0.133 e. The van der Waals surface area contributed by atoms with Crippen LogP contribution in [0.1, 0.15) is 56.6 Å². The molecule has 138 valence electrons. The maximum absolute atomic E-state index is 7.78. The minimum absolute atomic E-state index is 0.446. The number of aromatic nitrogens is 2. The number of piperidine rings is 1. The molecule has 0 amide bonds. The first-order chi connectivity index (χ1) is 12.4. The van der Waals surface area contributed by atoms with Crippen molar-refractivity contribution in [1.29, 1.82) is 5.41 Å². The number of nitrogens with one attached hydrogen (secondary N) is 2. The van der Waals surface area contributed by atoms with Crippen LogP contribution in [-0.4, -0.2) is 33.8 Å². The Morgan fingerprint density at radius 2 is 1.96 bits per heavy atom. The minimum atomic E-state index is 0.446. The highest BCUT2D eigenvalue weighted by Crippen LogP contribution is 2.31. The van der Waals surface area contributed by atoms with Crippen molar-refractivity contribution in [3.8, 4) is 0 Å². The molecule has 0 atom stereocenters. The summed E-state index contributed by atoms with van der Waals surface area (Å²) in [6.07, 6.45) is 3.87. The third-order valence-corrected chi connectivity index (χ3v) is 5.16. The smallest absolute Gasteiger partial charge is 0.133 e. The van der Waals surface area contributed by atoms with Gasteiger partial charge >= 0.3 is 0 Å². The molecule has 0 bridgehead atoms. The molecule has 5 nitrogen and oxygen atoms in total. The molecular formula is C20H26ClN5. The number of hydrogen-bond donors (Lipinski definition) is 2. The van der Waals surface area contributed by atoms with Crippen LogP contribution in [-0.2, 0) is 0 Å². The molecule has 0 saturated carbocycles. The number of halogens is 1. The summed E-state index contributed by atoms with van der Waals surface area (Å²) < 4.78 is 0. The van der Waals surface area contributed by atoms with E-state index in [-0.39, 0.29) is 0 Å². The lowest BCUT2D eigenvalue weighted by Crippen LogP contribution is -2.36. The van der Waals surface area contributed by atoms with Crippen LogP contribution in [0.2, 0.25) is 5.15 Å². The molecule has 2 aromatic rings. The van der Waals surface area contributed by atoms with Gasteiger partial charge in [0.1, 0.15) is 16.8 Å². The van der Waals surface area contributed by atoms with Crippen LogP contribution in [0, 0.1) is 5.41 Å². The van der Waals surface area contributed by atoms with E-state index in [1.807, 2.05) is 25.3 Å². The summed E-state index contributed by atoms with van der Waals surface area (Å²) in [5.74, 6) is 3.05. The summed E-state index contributed by atoms with van der Waals surface area (Å²) in [5.41, 5.74) is 2.44. The Balaban J connectivity index is 1.76. The van der Waals surface area contributed by atoms with Gasteiger partial charge in [-0.3, -0.25) is 5.41 Å². The van der Waals surface area contributed by atoms with Gasteiger partial charge < -0.3 is 10.2 Å². The molecule has 1 aliphatic heterocycles. The predicted octanol–water partition coefficient (Wildman–Crippen LogP) is 5.17. The fourth-order valence-corrected chi connectivity index (χ4v) is 3.59. The topological polar surface area (TPSA) is 64.9 Å². The average Bonchev–Trinajstić information content (AvgIpc) is 2.61. The van der Waals surface area contributed by atoms with Gasteiger partial charge in [-0.15, -0.1) is 0 Å². The molecule has 6 heteroatoms. The molecule has 0 radical (unpaired) electrons. The number of pyridine rings is 2. The maximum atomic E-state index is 7.78. The van der Waals surface area contributed by atoms with Crippen molar-refractivity contribution in [1.82, 2.24) is 14.9 Å². The monoisotopic (exact) mass is 371 g/mol. The van der Waals surface area contributed by atoms with Crippen molar-refractivity contribution in [2.24, 2.45) is 0 Å². The van der Waals surface area contributed by atoms with Crippen LogP contribution in [0.5, 0.6) is 0 Å². The van der Waals surface area contributed by atoms with Gasteiger partial charge in [0.05, 0.1) is 5.84 Å². The van der Waals surface area contributed by atoms with Gasteiger partial charge in [0.25, 0.3) is 0 Å². The molecule has 3 heterocycles. The van der Waals surface area contributed by atoms with E-state index in [9.17, 15) is 0 Å². The Bertz CT molecular complexity index is 782. The predicted molar refractivity (Wildman–Crippen MR) is 108 cm³/mol. The molecule has 0 aromatic carbocycles. The quantitative estimate of drug-likeness (QED) is 0.442. The lowest BCUT2D eigenvalue weighted by molar-refractivity contribution is 0.310. The number of hydrogen-bond acceptors (Lipinski definition) is 4. The van der Waals surface area contributed by atoms with Crippen molar-refractivity contribution < 1.29 is 0 Å². The molecular weight excluding hydrogens is 346 g/mol. The summed E-state index contributed by atoms with van der Waals surface area (Å²) in [7, 11) is 0. The third kappa shape index (κ3) is 4.52. The molecule has 1 saturated heterocycles. The molecule has 2 aromatic heterocycles. The van der Waals surface area contributed by atoms with E-state index in [1.165, 1.54) is 11.1 Å². The van der Waals surface area contributed by atoms with Crippen LogP contribution in [0.4, 0.5) is 11.6 Å². The zero-order valence-corrected chi connectivity index (χ0v) is 16.3. The van der Waals surface area contributed by atoms with E-state index in [4.69, 9.17) is 17.0 Å². The Kier molecular flexibility index (Phi) is 5.77. The van der Waals surface area contributed by atoms with Crippen LogP contribution in [0.25, 0.3) is 0 Å². The molecule has 0 unspecified atom stereocenters. The highest BCUT2D eigenvalue weighted by molar-refractivity contribution is 6.29. The van der Waals surface area contributed by atoms with Gasteiger partial charge in [-0.25, -0.2) is 9.97 Å². The van der Waals surface area contributed by atoms with Gasteiger partial charge in [-0.2, -0.15) is 0 Å². The first-order valence-corrected chi connectivity index (χ1v) is 9.50. The van der Waals surface area contributed by atoms with Gasteiger partial charge in [0, 0.05) is 19.3 Å². The lowest BCUT2D eigenvalue weighted by Gasteiger charge is -2.33. The molecule has 2 N–H and O–H groups in total. The first kappa shape index (κ1) is 18.6. The molecule has 3 rings (SSSR count). The summed E-state index contributed by atoms with van der Waals surface area (Å²) in [6, 6.07) is 8.12. The van der Waals surface area contributed by atoms with E-state index in [0.717, 1.165) is 37.6 Å². The van der Waals surface area contributed by atoms with Crippen LogP contribution >= 0.6 is 11.6 Å². The Morgan fingerprint density at radius 3 is 2.62 bits per heavy atom. The van der Waals surface area contributed by atoms with Gasteiger partial charge in [0.2, 0.25) is 0 Å². The van der Waals surface area contributed by atoms with Crippen molar-refractivity contribution in [3.05, 3.63) is 46.7 Å². The van der Waals surface area contributed by atoms with Crippen LogP contribution in [0.3, 0.4) is 0 Å². The second-order valence-corrected chi connectivity index (χ2v) is 7.60. The van der Waals surface area contributed by atoms with Gasteiger partial charge in [-0.1, -0.05) is 25.4 Å². The van der Waals surface area contributed by atoms with Gasteiger partial charge in [-0.05, 0) is 67.0 Å². The average molecular weight is 372 g/mol. The standard InChI is InChI=1S/C20H26ClN5/c1-13(2)16-4-7-23-19(11-16)25-20-12-17(10-18(21)24-20)15-5-8-26(9-6-15)14(3)22/h4,7,10-13,15,22H,5-6,8-9H2,1-3H3,(H,23,24,25). The van der Waals surface area contributed by atoms with E-state index in [2.05, 4.69) is 46.2 Å². The molecule has 1 fully saturated rings. The van der Waals surface area contributed by atoms with E-state index in [0.29, 0.717) is 22.8 Å². The fraction of sp³-hybridized carbons (Fsp3) is 0.450. The zero-order chi connectivity index (χ0) is 18.7. The largest absolute Gasteiger partial charge is 0.361 e. The normalized spacial score (nSPS) is 15.3. The zero-order valence-electron chi connectivity index (χ0n) is 15.6. The Labute approximate surface area is 160 Å². The number of rotatable bonds is 4. The van der Waals surface area contributed by atoms with Gasteiger partial charge in [0.15, 0.2) is 0 Å². The van der Waals surface area contributed by atoms with Crippen LogP contribution in [0.15, 0.2) is 30.5 Å². The molecule has 0 spiro atoms. The summed E-state index contributed by atoms with van der Waals surface area (Å²) in [6.45, 7) is 8.01.